The number of benzene rings is 6. The average molecular weight is 516 g/mol. The van der Waals surface area contributed by atoms with Crippen LogP contribution in [-0.2, 0) is 5.41 Å². The van der Waals surface area contributed by atoms with Crippen molar-refractivity contribution < 1.29 is 0 Å². The number of thiophene rings is 1. The molecule has 2 aromatic heterocycles. The summed E-state index contributed by atoms with van der Waals surface area (Å²) in [6.07, 6.45) is 0. The molecule has 0 fully saturated rings. The number of hydrogen-bond acceptors (Lipinski definition) is 1. The molecule has 1 aliphatic carbocycles. The number of hydrogen-bond donors (Lipinski definition) is 0. The van der Waals surface area contributed by atoms with Gasteiger partial charge in [0.15, 0.2) is 0 Å². The predicted molar refractivity (Wildman–Crippen MR) is 169 cm³/mol. The van der Waals surface area contributed by atoms with Gasteiger partial charge in [0.05, 0.1) is 11.0 Å². The second-order valence-electron chi connectivity index (χ2n) is 11.4. The second-order valence-corrected chi connectivity index (χ2v) is 12.4. The molecule has 0 amide bonds. The van der Waals surface area contributed by atoms with E-state index in [1.165, 1.54) is 80.7 Å². The second kappa shape index (κ2) is 7.37. The molecule has 0 spiro atoms. The van der Waals surface area contributed by atoms with E-state index >= 15 is 0 Å². The molecule has 6 aromatic carbocycles. The molecule has 1 aliphatic rings. The summed E-state index contributed by atoms with van der Waals surface area (Å²) in [5.74, 6) is 0. The van der Waals surface area contributed by atoms with E-state index in [0.717, 1.165) is 0 Å². The molecule has 0 N–H and O–H groups in total. The summed E-state index contributed by atoms with van der Waals surface area (Å²) in [5.41, 5.74) is 9.22. The Morgan fingerprint density at radius 2 is 1.33 bits per heavy atom. The average Bonchev–Trinajstić information content (AvgIpc) is 3.50. The van der Waals surface area contributed by atoms with Crippen LogP contribution in [0, 0.1) is 0 Å². The molecule has 0 bridgehead atoms. The van der Waals surface area contributed by atoms with Crippen LogP contribution in [0.4, 0.5) is 0 Å². The fourth-order valence-corrected chi connectivity index (χ4v) is 8.28. The van der Waals surface area contributed by atoms with E-state index in [0.29, 0.717) is 0 Å². The standard InChI is InChI=1S/C37H25NS/c1-37(2)29-14-6-3-13-26(29)35-34-22(10-9-15-30(34)37)20-28-24-11-4-7-16-31(24)38(36(28)35)23-18-19-33-27(21-23)25-12-5-8-17-32(25)39-33/h3-21H,1-2H3. The Hall–Kier alpha value is -4.40. The summed E-state index contributed by atoms with van der Waals surface area (Å²) in [7, 11) is 0. The lowest BCUT2D eigenvalue weighted by atomic mass is 9.68. The lowest BCUT2D eigenvalue weighted by Gasteiger charge is -2.35. The Morgan fingerprint density at radius 1 is 0.590 bits per heavy atom. The molecule has 0 radical (unpaired) electrons. The van der Waals surface area contributed by atoms with Gasteiger partial charge in [-0.25, -0.2) is 0 Å². The van der Waals surface area contributed by atoms with Gasteiger partial charge in [0.25, 0.3) is 0 Å². The van der Waals surface area contributed by atoms with Gasteiger partial charge in [-0.05, 0) is 63.9 Å². The summed E-state index contributed by atoms with van der Waals surface area (Å²) in [6.45, 7) is 4.75. The lowest BCUT2D eigenvalue weighted by Crippen LogP contribution is -2.23. The van der Waals surface area contributed by atoms with Crippen molar-refractivity contribution in [2.45, 2.75) is 19.3 Å². The van der Waals surface area contributed by atoms with Gasteiger partial charge in [-0.1, -0.05) is 92.7 Å². The zero-order valence-electron chi connectivity index (χ0n) is 21.8. The fourth-order valence-electron chi connectivity index (χ4n) is 7.20. The Balaban J connectivity index is 1.52. The molecule has 184 valence electrons. The fraction of sp³-hybridized carbons (Fsp3) is 0.0811. The van der Waals surface area contributed by atoms with Gasteiger partial charge in [-0.3, -0.25) is 0 Å². The molecule has 0 saturated carbocycles. The number of aromatic nitrogens is 1. The molecular weight excluding hydrogens is 490 g/mol. The molecule has 2 heteroatoms. The Labute approximate surface area is 230 Å². The number of rotatable bonds is 1. The maximum atomic E-state index is 2.52. The maximum Gasteiger partial charge on any atom is 0.0626 e. The third-order valence-electron chi connectivity index (χ3n) is 8.96. The van der Waals surface area contributed by atoms with Crippen LogP contribution < -0.4 is 0 Å². The summed E-state index contributed by atoms with van der Waals surface area (Å²) in [5, 5.41) is 7.99. The van der Waals surface area contributed by atoms with Gasteiger partial charge in [0.1, 0.15) is 0 Å². The maximum absolute atomic E-state index is 2.52. The van der Waals surface area contributed by atoms with Gasteiger partial charge in [0.2, 0.25) is 0 Å². The minimum absolute atomic E-state index is 0.0673. The summed E-state index contributed by atoms with van der Waals surface area (Å²) in [6, 6.07) is 43.1. The van der Waals surface area contributed by atoms with Crippen LogP contribution in [0.3, 0.4) is 0 Å². The van der Waals surface area contributed by atoms with Crippen LogP contribution in [0.15, 0.2) is 115 Å². The van der Waals surface area contributed by atoms with Crippen LogP contribution in [0.2, 0.25) is 0 Å². The van der Waals surface area contributed by atoms with E-state index in [-0.39, 0.29) is 5.41 Å². The Bertz CT molecular complexity index is 2310. The third-order valence-corrected chi connectivity index (χ3v) is 10.1. The lowest BCUT2D eigenvalue weighted by molar-refractivity contribution is 0.645. The zero-order valence-corrected chi connectivity index (χ0v) is 22.6. The largest absolute Gasteiger partial charge is 0.309 e. The van der Waals surface area contributed by atoms with Crippen molar-refractivity contribution >= 4 is 64.1 Å². The molecule has 1 nitrogen and oxygen atoms in total. The van der Waals surface area contributed by atoms with Gasteiger partial charge < -0.3 is 4.57 Å². The van der Waals surface area contributed by atoms with Crippen LogP contribution in [0.25, 0.3) is 69.6 Å². The van der Waals surface area contributed by atoms with E-state index in [4.69, 9.17) is 0 Å². The van der Waals surface area contributed by atoms with Crippen molar-refractivity contribution in [1.29, 1.82) is 0 Å². The monoisotopic (exact) mass is 515 g/mol. The minimum Gasteiger partial charge on any atom is -0.309 e. The van der Waals surface area contributed by atoms with Crippen LogP contribution >= 0.6 is 11.3 Å². The van der Waals surface area contributed by atoms with E-state index < -0.39 is 0 Å². The molecule has 0 saturated heterocycles. The van der Waals surface area contributed by atoms with Crippen molar-refractivity contribution in [3.63, 3.8) is 0 Å². The molecular formula is C37H25NS. The number of fused-ring (bicyclic) bond motifs is 9. The smallest absolute Gasteiger partial charge is 0.0626 e. The highest BCUT2D eigenvalue weighted by Gasteiger charge is 2.35. The van der Waals surface area contributed by atoms with Crippen molar-refractivity contribution in [2.75, 3.05) is 0 Å². The van der Waals surface area contributed by atoms with Crippen molar-refractivity contribution in [2.24, 2.45) is 0 Å². The van der Waals surface area contributed by atoms with E-state index in [1.807, 2.05) is 11.3 Å². The van der Waals surface area contributed by atoms with Crippen molar-refractivity contribution in [1.82, 2.24) is 4.57 Å². The first-order valence-corrected chi connectivity index (χ1v) is 14.4. The van der Waals surface area contributed by atoms with Crippen LogP contribution in [0.5, 0.6) is 0 Å². The third kappa shape index (κ3) is 2.69. The van der Waals surface area contributed by atoms with Gasteiger partial charge in [-0.15, -0.1) is 11.3 Å². The van der Waals surface area contributed by atoms with E-state index in [2.05, 4.69) is 134 Å². The van der Waals surface area contributed by atoms with Gasteiger partial charge >= 0.3 is 0 Å². The number of nitrogens with zero attached hydrogens (tertiary/aromatic N) is 1. The molecule has 0 aliphatic heterocycles. The van der Waals surface area contributed by atoms with Gasteiger partial charge in [0, 0.05) is 47.6 Å². The van der Waals surface area contributed by atoms with Crippen molar-refractivity contribution in [3.05, 3.63) is 126 Å². The first-order chi connectivity index (χ1) is 19.1. The highest BCUT2D eigenvalue weighted by atomic mass is 32.1. The molecule has 0 unspecified atom stereocenters. The molecule has 0 atom stereocenters. The summed E-state index contributed by atoms with van der Waals surface area (Å²) >= 11 is 1.88. The first-order valence-electron chi connectivity index (χ1n) is 13.6. The Kier molecular flexibility index (Phi) is 4.07. The summed E-state index contributed by atoms with van der Waals surface area (Å²) in [4.78, 5) is 0. The van der Waals surface area contributed by atoms with Crippen molar-refractivity contribution in [3.8, 4) is 16.8 Å². The predicted octanol–water partition coefficient (Wildman–Crippen LogP) is 10.6. The Morgan fingerprint density at radius 3 is 2.26 bits per heavy atom. The molecule has 8 aromatic rings. The van der Waals surface area contributed by atoms with Crippen LogP contribution in [-0.4, -0.2) is 4.57 Å². The highest BCUT2D eigenvalue weighted by molar-refractivity contribution is 7.25. The van der Waals surface area contributed by atoms with E-state index in [9.17, 15) is 0 Å². The zero-order chi connectivity index (χ0) is 25.9. The number of para-hydroxylation sites is 1. The SMILES string of the molecule is CC1(C)c2ccccc2-c2c3c1cccc3cc1c3ccccc3n(-c3ccc4sc5ccccc5c4c3)c21. The van der Waals surface area contributed by atoms with Crippen LogP contribution in [0.1, 0.15) is 25.0 Å². The molecule has 9 rings (SSSR count). The van der Waals surface area contributed by atoms with Gasteiger partial charge in [-0.2, -0.15) is 0 Å². The summed E-state index contributed by atoms with van der Waals surface area (Å²) < 4.78 is 5.20. The quantitative estimate of drug-likeness (QED) is 0.205. The highest BCUT2D eigenvalue weighted by Crippen LogP contribution is 2.52. The minimum atomic E-state index is -0.0673. The first kappa shape index (κ1) is 21.5. The van der Waals surface area contributed by atoms with E-state index in [1.54, 1.807) is 0 Å². The molecule has 39 heavy (non-hydrogen) atoms. The topological polar surface area (TPSA) is 4.93 Å². The molecule has 2 heterocycles. The normalized spacial score (nSPS) is 14.1.